The van der Waals surface area contributed by atoms with Crippen LogP contribution in [0.1, 0.15) is 10.4 Å². The largest absolute Gasteiger partial charge is 0.478 e. The summed E-state index contributed by atoms with van der Waals surface area (Å²) in [5.74, 6) is -1.75. The number of ether oxygens (including phenoxy) is 1. The van der Waals surface area contributed by atoms with Crippen LogP contribution in [0.2, 0.25) is 0 Å². The molecular weight excluding hydrogens is 230 g/mol. The summed E-state index contributed by atoms with van der Waals surface area (Å²) in [6.07, 6.45) is 0. The molecule has 0 aliphatic rings. The van der Waals surface area contributed by atoms with Crippen LogP contribution < -0.4 is 10.5 Å². The van der Waals surface area contributed by atoms with E-state index in [1.165, 1.54) is 12.1 Å². The molecule has 0 unspecified atom stereocenters. The quantitative estimate of drug-likeness (QED) is 0.407. The molecule has 0 aromatic heterocycles. The molecule has 6 heteroatoms. The molecule has 0 saturated carbocycles. The summed E-state index contributed by atoms with van der Waals surface area (Å²) in [6, 6.07) is 4.98. The topological polar surface area (TPSA) is 89.6 Å². The molecule has 0 aliphatic heterocycles. The van der Waals surface area contributed by atoms with Crippen molar-refractivity contribution in [3.8, 4) is 5.75 Å². The van der Waals surface area contributed by atoms with Crippen LogP contribution in [0.5, 0.6) is 5.75 Å². The standard InChI is InChI=1S/C10H11NO4S/c11-7(5-16)10(14)15-8-4-2-1-3-6(8)9(12)13/h1-4,7,16H,5,11H2,(H,12,13)/t7-/m0/s1. The Morgan fingerprint density at radius 3 is 2.62 bits per heavy atom. The van der Waals surface area contributed by atoms with Gasteiger partial charge in [0.15, 0.2) is 0 Å². The van der Waals surface area contributed by atoms with E-state index in [-0.39, 0.29) is 17.1 Å². The Kier molecular flexibility index (Phi) is 4.33. The molecule has 0 bridgehead atoms. The smallest absolute Gasteiger partial charge is 0.339 e. The van der Waals surface area contributed by atoms with Gasteiger partial charge in [-0.2, -0.15) is 12.6 Å². The number of thiol groups is 1. The van der Waals surface area contributed by atoms with Crippen molar-refractivity contribution in [2.24, 2.45) is 5.73 Å². The number of hydrogen-bond donors (Lipinski definition) is 3. The molecular formula is C10H11NO4S. The van der Waals surface area contributed by atoms with E-state index in [9.17, 15) is 9.59 Å². The molecule has 0 spiro atoms. The van der Waals surface area contributed by atoms with Crippen LogP contribution in [-0.4, -0.2) is 28.8 Å². The van der Waals surface area contributed by atoms with Gasteiger partial charge in [0, 0.05) is 5.75 Å². The van der Waals surface area contributed by atoms with E-state index < -0.39 is 18.0 Å². The Morgan fingerprint density at radius 1 is 1.44 bits per heavy atom. The highest BCUT2D eigenvalue weighted by Gasteiger charge is 2.17. The molecule has 0 heterocycles. The predicted octanol–water partition coefficient (Wildman–Crippen LogP) is 0.547. The number of benzene rings is 1. The van der Waals surface area contributed by atoms with Gasteiger partial charge in [0.05, 0.1) is 0 Å². The summed E-state index contributed by atoms with van der Waals surface area (Å²) < 4.78 is 4.87. The Labute approximate surface area is 97.6 Å². The van der Waals surface area contributed by atoms with Crippen molar-refractivity contribution in [1.29, 1.82) is 0 Å². The van der Waals surface area contributed by atoms with Crippen LogP contribution >= 0.6 is 12.6 Å². The number of carboxylic acid groups (broad SMARTS) is 1. The first-order valence-electron chi connectivity index (χ1n) is 4.46. The maximum absolute atomic E-state index is 11.3. The maximum Gasteiger partial charge on any atom is 0.339 e. The fourth-order valence-corrected chi connectivity index (χ4v) is 1.14. The van der Waals surface area contributed by atoms with Crippen LogP contribution in [0.25, 0.3) is 0 Å². The lowest BCUT2D eigenvalue weighted by Gasteiger charge is -2.10. The number of rotatable bonds is 4. The molecule has 0 saturated heterocycles. The lowest BCUT2D eigenvalue weighted by atomic mass is 10.2. The normalized spacial score (nSPS) is 11.9. The van der Waals surface area contributed by atoms with Gasteiger partial charge in [-0.3, -0.25) is 0 Å². The summed E-state index contributed by atoms with van der Waals surface area (Å²) >= 11 is 3.85. The summed E-state index contributed by atoms with van der Waals surface area (Å²) in [5, 5.41) is 8.84. The molecule has 86 valence electrons. The zero-order chi connectivity index (χ0) is 12.1. The zero-order valence-corrected chi connectivity index (χ0v) is 9.18. The van der Waals surface area contributed by atoms with E-state index >= 15 is 0 Å². The number of esters is 1. The van der Waals surface area contributed by atoms with Crippen molar-refractivity contribution in [3.63, 3.8) is 0 Å². The third-order valence-corrected chi connectivity index (χ3v) is 2.22. The van der Waals surface area contributed by atoms with Gasteiger partial charge >= 0.3 is 11.9 Å². The predicted molar refractivity (Wildman–Crippen MR) is 60.9 cm³/mol. The molecule has 0 aliphatic carbocycles. The second-order valence-corrected chi connectivity index (χ2v) is 3.38. The zero-order valence-electron chi connectivity index (χ0n) is 8.29. The third kappa shape index (κ3) is 2.98. The number of aromatic carboxylic acids is 1. The van der Waals surface area contributed by atoms with Crippen molar-refractivity contribution in [3.05, 3.63) is 29.8 Å². The molecule has 3 N–H and O–H groups in total. The van der Waals surface area contributed by atoms with Crippen LogP contribution in [0.4, 0.5) is 0 Å². The highest BCUT2D eigenvalue weighted by molar-refractivity contribution is 7.80. The average molecular weight is 241 g/mol. The number of hydrogen-bond acceptors (Lipinski definition) is 5. The average Bonchev–Trinajstić information content (AvgIpc) is 2.28. The lowest BCUT2D eigenvalue weighted by Crippen LogP contribution is -2.36. The first-order chi connectivity index (χ1) is 7.56. The van der Waals surface area contributed by atoms with Crippen molar-refractivity contribution in [1.82, 2.24) is 0 Å². The highest BCUT2D eigenvalue weighted by atomic mass is 32.1. The van der Waals surface area contributed by atoms with Crippen molar-refractivity contribution in [2.45, 2.75) is 6.04 Å². The fourth-order valence-electron chi connectivity index (χ4n) is 0.991. The second kappa shape index (κ2) is 5.53. The molecule has 1 aromatic carbocycles. The van der Waals surface area contributed by atoms with Crippen molar-refractivity contribution >= 4 is 24.6 Å². The molecule has 16 heavy (non-hydrogen) atoms. The third-order valence-electron chi connectivity index (χ3n) is 1.83. The second-order valence-electron chi connectivity index (χ2n) is 3.01. The molecule has 0 amide bonds. The minimum Gasteiger partial charge on any atom is -0.478 e. The molecule has 5 nitrogen and oxygen atoms in total. The van der Waals surface area contributed by atoms with E-state index in [1.807, 2.05) is 0 Å². The summed E-state index contributed by atoms with van der Waals surface area (Å²) in [4.78, 5) is 22.1. The fraction of sp³-hybridized carbons (Fsp3) is 0.200. The number of carbonyl (C=O) groups excluding carboxylic acids is 1. The van der Waals surface area contributed by atoms with Gasteiger partial charge in [-0.05, 0) is 12.1 Å². The molecule has 1 rings (SSSR count). The molecule has 0 radical (unpaired) electrons. The van der Waals surface area contributed by atoms with Gasteiger partial charge in [-0.1, -0.05) is 12.1 Å². The Bertz CT molecular complexity index is 408. The SMILES string of the molecule is N[C@@H](CS)C(=O)Oc1ccccc1C(=O)O. The van der Waals surface area contributed by atoms with Crippen LogP contribution in [0.15, 0.2) is 24.3 Å². The Balaban J connectivity index is 2.89. The van der Waals surface area contributed by atoms with Gasteiger partial charge in [0.25, 0.3) is 0 Å². The summed E-state index contributed by atoms with van der Waals surface area (Å²) in [5.41, 5.74) is 5.31. The Morgan fingerprint density at radius 2 is 2.06 bits per heavy atom. The van der Waals surface area contributed by atoms with E-state index in [0.29, 0.717) is 0 Å². The first-order valence-corrected chi connectivity index (χ1v) is 5.10. The summed E-state index contributed by atoms with van der Waals surface area (Å²) in [7, 11) is 0. The minimum atomic E-state index is -1.16. The van der Waals surface area contributed by atoms with Crippen molar-refractivity contribution in [2.75, 3.05) is 5.75 Å². The van der Waals surface area contributed by atoms with E-state index in [0.717, 1.165) is 0 Å². The van der Waals surface area contributed by atoms with Gasteiger partial charge in [-0.15, -0.1) is 0 Å². The van der Waals surface area contributed by atoms with Gasteiger partial charge in [0.1, 0.15) is 17.4 Å². The van der Waals surface area contributed by atoms with E-state index in [2.05, 4.69) is 12.6 Å². The Hall–Kier alpha value is -1.53. The maximum atomic E-state index is 11.3. The van der Waals surface area contributed by atoms with Crippen LogP contribution in [0, 0.1) is 0 Å². The van der Waals surface area contributed by atoms with Crippen LogP contribution in [-0.2, 0) is 4.79 Å². The van der Waals surface area contributed by atoms with Gasteiger partial charge < -0.3 is 15.6 Å². The van der Waals surface area contributed by atoms with Crippen molar-refractivity contribution < 1.29 is 19.4 Å². The molecule has 1 atom stereocenters. The molecule has 0 fully saturated rings. The van der Waals surface area contributed by atoms with E-state index in [1.54, 1.807) is 12.1 Å². The highest BCUT2D eigenvalue weighted by Crippen LogP contribution is 2.18. The van der Waals surface area contributed by atoms with Crippen LogP contribution in [0.3, 0.4) is 0 Å². The first kappa shape index (κ1) is 12.5. The number of para-hydroxylation sites is 1. The molecule has 1 aromatic rings. The van der Waals surface area contributed by atoms with Gasteiger partial charge in [-0.25, -0.2) is 9.59 Å². The monoisotopic (exact) mass is 241 g/mol. The van der Waals surface area contributed by atoms with Gasteiger partial charge in [0.2, 0.25) is 0 Å². The summed E-state index contributed by atoms with van der Waals surface area (Å²) in [6.45, 7) is 0. The lowest BCUT2D eigenvalue weighted by molar-refractivity contribution is -0.135. The number of nitrogens with two attached hydrogens (primary N) is 1. The minimum absolute atomic E-state index is 0.0165. The number of carbonyl (C=O) groups is 2. The number of carboxylic acids is 1. The van der Waals surface area contributed by atoms with E-state index in [4.69, 9.17) is 15.6 Å².